The van der Waals surface area contributed by atoms with Crippen LogP contribution in [-0.2, 0) is 11.3 Å². The van der Waals surface area contributed by atoms with Gasteiger partial charge in [-0.2, -0.15) is 0 Å². The largest absolute Gasteiger partial charge is 0.475 e. The van der Waals surface area contributed by atoms with Crippen LogP contribution < -0.4 is 10.6 Å². The van der Waals surface area contributed by atoms with E-state index in [9.17, 15) is 9.59 Å². The lowest BCUT2D eigenvalue weighted by Crippen LogP contribution is -2.56. The Morgan fingerprint density at radius 3 is 3.00 bits per heavy atom. The summed E-state index contributed by atoms with van der Waals surface area (Å²) in [4.78, 5) is 24.5. The first-order valence-electron chi connectivity index (χ1n) is 6.10. The first-order chi connectivity index (χ1) is 9.11. The summed E-state index contributed by atoms with van der Waals surface area (Å²) in [6.45, 7) is 2.50. The van der Waals surface area contributed by atoms with Crippen LogP contribution in [-0.4, -0.2) is 54.6 Å². The summed E-state index contributed by atoms with van der Waals surface area (Å²) < 4.78 is 5.22. The summed E-state index contributed by atoms with van der Waals surface area (Å²) in [7, 11) is 1.60. The van der Waals surface area contributed by atoms with E-state index in [1.165, 1.54) is 6.07 Å². The Labute approximate surface area is 110 Å². The molecule has 1 amide bonds. The van der Waals surface area contributed by atoms with Gasteiger partial charge in [0, 0.05) is 26.7 Å². The normalized spacial score (nSPS) is 20.2. The lowest BCUT2D eigenvalue weighted by atomic mass is 10.1. The summed E-state index contributed by atoms with van der Waals surface area (Å²) in [5, 5.41) is 14.6. The Morgan fingerprint density at radius 1 is 1.58 bits per heavy atom. The second-order valence-electron chi connectivity index (χ2n) is 4.38. The lowest BCUT2D eigenvalue weighted by Gasteiger charge is -2.34. The van der Waals surface area contributed by atoms with Crippen molar-refractivity contribution in [1.29, 1.82) is 0 Å². The van der Waals surface area contributed by atoms with Gasteiger partial charge in [0.1, 0.15) is 11.8 Å². The number of carbonyl (C=O) groups excluding carboxylic acids is 1. The third-order valence-electron chi connectivity index (χ3n) is 3.13. The standard InChI is InChI=1S/C12H17N3O4/c1-13-11(16)9-6-14-4-5-15(9)7-8-2-3-10(19-8)12(17)18/h2-3,9,14H,4-7H2,1H3,(H,13,16)(H,17,18). The first kappa shape index (κ1) is 13.6. The molecule has 0 aliphatic carbocycles. The van der Waals surface area contributed by atoms with Gasteiger partial charge in [-0.25, -0.2) is 4.79 Å². The molecule has 104 valence electrons. The molecule has 1 unspecified atom stereocenters. The minimum Gasteiger partial charge on any atom is -0.475 e. The Hall–Kier alpha value is -1.86. The van der Waals surface area contributed by atoms with Gasteiger partial charge >= 0.3 is 5.97 Å². The molecule has 3 N–H and O–H groups in total. The highest BCUT2D eigenvalue weighted by Crippen LogP contribution is 2.14. The van der Waals surface area contributed by atoms with E-state index in [1.807, 2.05) is 4.90 Å². The van der Waals surface area contributed by atoms with E-state index in [0.29, 0.717) is 25.4 Å². The number of hydrogen-bond donors (Lipinski definition) is 3. The van der Waals surface area contributed by atoms with Gasteiger partial charge in [0.25, 0.3) is 0 Å². The van der Waals surface area contributed by atoms with Crippen molar-refractivity contribution < 1.29 is 19.1 Å². The molecule has 1 aliphatic heterocycles. The minimum absolute atomic E-state index is 0.0581. The number of nitrogens with zero attached hydrogens (tertiary/aromatic N) is 1. The molecule has 1 aromatic heterocycles. The van der Waals surface area contributed by atoms with Crippen LogP contribution in [0.1, 0.15) is 16.3 Å². The summed E-state index contributed by atoms with van der Waals surface area (Å²) in [6, 6.07) is 2.79. The van der Waals surface area contributed by atoms with Gasteiger partial charge in [-0.1, -0.05) is 0 Å². The van der Waals surface area contributed by atoms with Gasteiger partial charge in [0.05, 0.1) is 6.54 Å². The van der Waals surface area contributed by atoms with Crippen molar-refractivity contribution in [2.45, 2.75) is 12.6 Å². The zero-order valence-electron chi connectivity index (χ0n) is 10.7. The summed E-state index contributed by atoms with van der Waals surface area (Å²) in [6.07, 6.45) is 0. The first-order valence-corrected chi connectivity index (χ1v) is 6.10. The molecular weight excluding hydrogens is 250 g/mol. The fraction of sp³-hybridized carbons (Fsp3) is 0.500. The molecule has 7 nitrogen and oxygen atoms in total. The molecule has 0 spiro atoms. The number of nitrogens with one attached hydrogen (secondary N) is 2. The summed E-state index contributed by atoms with van der Waals surface area (Å²) >= 11 is 0. The van der Waals surface area contributed by atoms with Crippen molar-refractivity contribution in [3.63, 3.8) is 0 Å². The minimum atomic E-state index is -1.09. The smallest absolute Gasteiger partial charge is 0.371 e. The second-order valence-corrected chi connectivity index (χ2v) is 4.38. The zero-order chi connectivity index (χ0) is 13.8. The number of carboxylic acids is 1. The molecule has 0 radical (unpaired) electrons. The molecule has 2 rings (SSSR count). The predicted octanol–water partition coefficient (Wildman–Crippen LogP) is -0.502. The molecule has 7 heteroatoms. The molecule has 1 fully saturated rings. The maximum Gasteiger partial charge on any atom is 0.371 e. The molecular formula is C12H17N3O4. The number of likely N-dealkylation sites (N-methyl/N-ethyl adjacent to an activating group) is 1. The van der Waals surface area contributed by atoms with Crippen LogP contribution in [0, 0.1) is 0 Å². The topological polar surface area (TPSA) is 94.8 Å². The van der Waals surface area contributed by atoms with Crippen molar-refractivity contribution >= 4 is 11.9 Å². The Kier molecular flexibility index (Phi) is 4.18. The molecule has 2 heterocycles. The molecule has 1 saturated heterocycles. The van der Waals surface area contributed by atoms with Gasteiger partial charge in [0.2, 0.25) is 11.7 Å². The monoisotopic (exact) mass is 267 g/mol. The van der Waals surface area contributed by atoms with Crippen LogP contribution in [0.25, 0.3) is 0 Å². The zero-order valence-corrected chi connectivity index (χ0v) is 10.7. The summed E-state index contributed by atoms with van der Waals surface area (Å²) in [5.41, 5.74) is 0. The van der Waals surface area contributed by atoms with E-state index < -0.39 is 5.97 Å². The van der Waals surface area contributed by atoms with Crippen molar-refractivity contribution in [3.8, 4) is 0 Å². The summed E-state index contributed by atoms with van der Waals surface area (Å²) in [5.74, 6) is -0.679. The number of rotatable bonds is 4. The fourth-order valence-electron chi connectivity index (χ4n) is 2.14. The number of aromatic carboxylic acids is 1. The van der Waals surface area contributed by atoms with Crippen LogP contribution in [0.3, 0.4) is 0 Å². The van der Waals surface area contributed by atoms with Crippen molar-refractivity contribution in [1.82, 2.24) is 15.5 Å². The molecule has 19 heavy (non-hydrogen) atoms. The third kappa shape index (κ3) is 3.12. The van der Waals surface area contributed by atoms with E-state index in [2.05, 4.69) is 10.6 Å². The highest BCUT2D eigenvalue weighted by molar-refractivity contribution is 5.84. The number of amides is 1. The molecule has 0 bridgehead atoms. The van der Waals surface area contributed by atoms with Crippen LogP contribution in [0.15, 0.2) is 16.5 Å². The van der Waals surface area contributed by atoms with E-state index >= 15 is 0 Å². The highest BCUT2D eigenvalue weighted by Gasteiger charge is 2.28. The van der Waals surface area contributed by atoms with E-state index in [1.54, 1.807) is 13.1 Å². The molecule has 0 saturated carbocycles. The van der Waals surface area contributed by atoms with Crippen LogP contribution >= 0.6 is 0 Å². The van der Waals surface area contributed by atoms with Crippen molar-refractivity contribution in [2.75, 3.05) is 26.7 Å². The fourth-order valence-corrected chi connectivity index (χ4v) is 2.14. The Balaban J connectivity index is 2.06. The SMILES string of the molecule is CNC(=O)C1CNCCN1Cc1ccc(C(=O)O)o1. The number of piperazine rings is 1. The highest BCUT2D eigenvalue weighted by atomic mass is 16.4. The Morgan fingerprint density at radius 2 is 2.37 bits per heavy atom. The van der Waals surface area contributed by atoms with Gasteiger partial charge in [0.15, 0.2) is 0 Å². The van der Waals surface area contributed by atoms with Crippen LogP contribution in [0.4, 0.5) is 0 Å². The van der Waals surface area contributed by atoms with Crippen molar-refractivity contribution in [2.24, 2.45) is 0 Å². The molecule has 1 atom stereocenters. The Bertz CT molecular complexity index is 471. The third-order valence-corrected chi connectivity index (χ3v) is 3.13. The molecule has 0 aromatic carbocycles. The number of furan rings is 1. The van der Waals surface area contributed by atoms with Gasteiger partial charge in [-0.15, -0.1) is 0 Å². The average Bonchev–Trinajstić information content (AvgIpc) is 2.87. The molecule has 1 aromatic rings. The molecule has 1 aliphatic rings. The van der Waals surface area contributed by atoms with E-state index in [-0.39, 0.29) is 17.7 Å². The van der Waals surface area contributed by atoms with Crippen LogP contribution in [0.5, 0.6) is 0 Å². The average molecular weight is 267 g/mol. The number of carbonyl (C=O) groups is 2. The quantitative estimate of drug-likeness (QED) is 0.680. The van der Waals surface area contributed by atoms with E-state index in [4.69, 9.17) is 9.52 Å². The predicted molar refractivity (Wildman–Crippen MR) is 66.8 cm³/mol. The number of hydrogen-bond acceptors (Lipinski definition) is 5. The van der Waals surface area contributed by atoms with Gasteiger partial charge in [-0.05, 0) is 12.1 Å². The second kappa shape index (κ2) is 5.85. The van der Waals surface area contributed by atoms with Gasteiger partial charge < -0.3 is 20.2 Å². The van der Waals surface area contributed by atoms with Crippen molar-refractivity contribution in [3.05, 3.63) is 23.7 Å². The lowest BCUT2D eigenvalue weighted by molar-refractivity contribution is -0.126. The maximum atomic E-state index is 11.8. The number of carboxylic acid groups (broad SMARTS) is 1. The van der Waals surface area contributed by atoms with Gasteiger partial charge in [-0.3, -0.25) is 9.69 Å². The van der Waals surface area contributed by atoms with Crippen LogP contribution in [0.2, 0.25) is 0 Å². The van der Waals surface area contributed by atoms with E-state index in [0.717, 1.165) is 6.54 Å². The maximum absolute atomic E-state index is 11.8.